The van der Waals surface area contributed by atoms with E-state index >= 15 is 0 Å². The molecule has 0 aliphatic carbocycles. The van der Waals surface area contributed by atoms with Crippen molar-refractivity contribution in [3.05, 3.63) is 67.4 Å². The summed E-state index contributed by atoms with van der Waals surface area (Å²) in [5, 5.41) is 5.36. The first kappa shape index (κ1) is 16.8. The molecule has 1 saturated heterocycles. The minimum Gasteiger partial charge on any atom is -0.335 e. The Morgan fingerprint density at radius 3 is 2.73 bits per heavy atom. The van der Waals surface area contributed by atoms with Crippen LogP contribution >= 0.6 is 11.3 Å². The van der Waals surface area contributed by atoms with Gasteiger partial charge in [0.05, 0.1) is 23.4 Å². The normalized spacial score (nSPS) is 17.1. The summed E-state index contributed by atoms with van der Waals surface area (Å²) < 4.78 is 1.25. The molecule has 3 heterocycles. The predicted octanol–water partition coefficient (Wildman–Crippen LogP) is 2.51. The fraction of sp³-hybridized carbons (Fsp3) is 0.316. The van der Waals surface area contributed by atoms with Gasteiger partial charge in [0, 0.05) is 17.8 Å². The van der Waals surface area contributed by atoms with Gasteiger partial charge in [-0.05, 0) is 36.4 Å². The number of amides is 1. The number of nitrogens with zero attached hydrogens (tertiary/aromatic N) is 2. The highest BCUT2D eigenvalue weighted by Gasteiger charge is 2.30. The van der Waals surface area contributed by atoms with Crippen LogP contribution in [0.25, 0.3) is 10.8 Å². The molecular weight excluding hydrogens is 350 g/mol. The molecule has 7 heteroatoms. The van der Waals surface area contributed by atoms with Gasteiger partial charge in [0.15, 0.2) is 0 Å². The molecule has 134 valence electrons. The number of rotatable bonds is 4. The zero-order valence-corrected chi connectivity index (χ0v) is 15.0. The number of aromatic amines is 1. The molecule has 26 heavy (non-hydrogen) atoms. The van der Waals surface area contributed by atoms with Crippen LogP contribution in [0.5, 0.6) is 0 Å². The smallest absolute Gasteiger partial charge is 0.273 e. The highest BCUT2D eigenvalue weighted by molar-refractivity contribution is 7.10. The third-order valence-corrected chi connectivity index (χ3v) is 5.85. The van der Waals surface area contributed by atoms with E-state index in [2.05, 4.69) is 11.2 Å². The standard InChI is InChI=1S/C19H19N3O3S/c23-17(21-10-3-7-15(21)16-8-4-12-26-16)9-11-22-19(25)14-6-2-1-5-13(14)18(24)20-22/h1-2,4-6,8,12,15H,3,7,9-11H2,(H,20,24). The van der Waals surface area contributed by atoms with Crippen molar-refractivity contribution < 1.29 is 4.79 Å². The van der Waals surface area contributed by atoms with Crippen LogP contribution in [0, 0.1) is 0 Å². The molecule has 1 aliphatic heterocycles. The third kappa shape index (κ3) is 2.99. The number of hydrogen-bond acceptors (Lipinski definition) is 4. The highest BCUT2D eigenvalue weighted by Crippen LogP contribution is 2.34. The lowest BCUT2D eigenvalue weighted by Crippen LogP contribution is -2.34. The van der Waals surface area contributed by atoms with Crippen molar-refractivity contribution in [2.45, 2.75) is 31.8 Å². The van der Waals surface area contributed by atoms with Gasteiger partial charge in [0.1, 0.15) is 0 Å². The number of aromatic nitrogens is 2. The van der Waals surface area contributed by atoms with Gasteiger partial charge >= 0.3 is 0 Å². The van der Waals surface area contributed by atoms with Crippen molar-refractivity contribution in [3.8, 4) is 0 Å². The number of carbonyl (C=O) groups excluding carboxylic acids is 1. The molecule has 1 aliphatic rings. The third-order valence-electron chi connectivity index (χ3n) is 4.88. The van der Waals surface area contributed by atoms with E-state index in [0.29, 0.717) is 10.8 Å². The second kappa shape index (κ2) is 6.92. The Bertz CT molecular complexity index is 1050. The maximum Gasteiger partial charge on any atom is 0.273 e. The number of likely N-dealkylation sites (tertiary alicyclic amines) is 1. The molecule has 1 amide bonds. The van der Waals surface area contributed by atoms with E-state index in [1.165, 1.54) is 9.56 Å². The number of carbonyl (C=O) groups is 1. The molecule has 3 aromatic rings. The SMILES string of the molecule is O=C(CCn1[nH]c(=O)c2ccccc2c1=O)N1CCCC1c1cccs1. The van der Waals surface area contributed by atoms with Crippen LogP contribution in [0.4, 0.5) is 0 Å². The van der Waals surface area contributed by atoms with Gasteiger partial charge in [-0.3, -0.25) is 19.5 Å². The number of fused-ring (bicyclic) bond motifs is 1. The molecule has 2 aromatic heterocycles. The summed E-state index contributed by atoms with van der Waals surface area (Å²) in [6, 6.07) is 10.9. The molecule has 4 rings (SSSR count). The van der Waals surface area contributed by atoms with Gasteiger partial charge in [-0.25, -0.2) is 4.68 Å². The van der Waals surface area contributed by atoms with E-state index in [1.807, 2.05) is 16.3 Å². The molecule has 1 unspecified atom stereocenters. The second-order valence-corrected chi connectivity index (χ2v) is 7.43. The summed E-state index contributed by atoms with van der Waals surface area (Å²) in [7, 11) is 0. The molecule has 0 saturated carbocycles. The Labute approximate surface area is 153 Å². The van der Waals surface area contributed by atoms with Crippen molar-refractivity contribution >= 4 is 28.0 Å². The quantitative estimate of drug-likeness (QED) is 0.768. The summed E-state index contributed by atoms with van der Waals surface area (Å²) in [4.78, 5) is 40.5. The molecule has 1 fully saturated rings. The molecular formula is C19H19N3O3S. The summed E-state index contributed by atoms with van der Waals surface area (Å²) in [5.41, 5.74) is -0.588. The van der Waals surface area contributed by atoms with Gasteiger partial charge in [0.25, 0.3) is 11.1 Å². The van der Waals surface area contributed by atoms with Crippen LogP contribution in [-0.2, 0) is 11.3 Å². The fourth-order valence-electron chi connectivity index (χ4n) is 3.60. The van der Waals surface area contributed by atoms with E-state index < -0.39 is 0 Å². The Morgan fingerprint density at radius 1 is 1.15 bits per heavy atom. The molecule has 0 bridgehead atoms. The van der Waals surface area contributed by atoms with E-state index in [9.17, 15) is 14.4 Å². The van der Waals surface area contributed by atoms with Crippen LogP contribution in [0.3, 0.4) is 0 Å². The second-order valence-electron chi connectivity index (χ2n) is 6.45. The van der Waals surface area contributed by atoms with Gasteiger partial charge in [-0.15, -0.1) is 11.3 Å². The van der Waals surface area contributed by atoms with E-state index in [4.69, 9.17) is 0 Å². The number of hydrogen-bond donors (Lipinski definition) is 1. The van der Waals surface area contributed by atoms with E-state index in [0.717, 1.165) is 19.4 Å². The summed E-state index contributed by atoms with van der Waals surface area (Å²) >= 11 is 1.67. The minimum atomic E-state index is -0.315. The molecule has 1 aromatic carbocycles. The number of thiophene rings is 1. The average molecular weight is 369 g/mol. The lowest BCUT2D eigenvalue weighted by atomic mass is 10.2. The van der Waals surface area contributed by atoms with Crippen molar-refractivity contribution in [2.75, 3.05) is 6.54 Å². The summed E-state index contributed by atoms with van der Waals surface area (Å²) in [5.74, 6) is 0.0156. The first-order chi connectivity index (χ1) is 12.6. The monoisotopic (exact) mass is 369 g/mol. The van der Waals surface area contributed by atoms with Gasteiger partial charge in [-0.2, -0.15) is 0 Å². The van der Waals surface area contributed by atoms with Crippen LogP contribution < -0.4 is 11.1 Å². The predicted molar refractivity (Wildman–Crippen MR) is 101 cm³/mol. The fourth-order valence-corrected chi connectivity index (χ4v) is 4.47. The largest absolute Gasteiger partial charge is 0.335 e. The highest BCUT2D eigenvalue weighted by atomic mass is 32.1. The Balaban J connectivity index is 1.53. The van der Waals surface area contributed by atoms with Crippen LogP contribution in [0.2, 0.25) is 0 Å². The van der Waals surface area contributed by atoms with Gasteiger partial charge in [-0.1, -0.05) is 18.2 Å². The lowest BCUT2D eigenvalue weighted by molar-refractivity contribution is -0.132. The molecule has 0 spiro atoms. The zero-order valence-electron chi connectivity index (χ0n) is 14.2. The lowest BCUT2D eigenvalue weighted by Gasteiger charge is -2.24. The summed E-state index contributed by atoms with van der Waals surface area (Å²) in [6.07, 6.45) is 2.15. The number of aryl methyl sites for hydroxylation is 1. The Morgan fingerprint density at radius 2 is 1.96 bits per heavy atom. The number of benzene rings is 1. The minimum absolute atomic E-state index is 0.0156. The van der Waals surface area contributed by atoms with Crippen molar-refractivity contribution in [1.82, 2.24) is 14.7 Å². The van der Waals surface area contributed by atoms with Crippen molar-refractivity contribution in [3.63, 3.8) is 0 Å². The number of nitrogens with one attached hydrogen (secondary N) is 1. The average Bonchev–Trinajstić information content (AvgIpc) is 3.34. The van der Waals surface area contributed by atoms with Crippen LogP contribution in [-0.4, -0.2) is 27.1 Å². The van der Waals surface area contributed by atoms with Crippen molar-refractivity contribution in [2.24, 2.45) is 0 Å². The topological polar surface area (TPSA) is 75.2 Å². The van der Waals surface area contributed by atoms with E-state index in [-0.39, 0.29) is 36.0 Å². The molecule has 1 N–H and O–H groups in total. The first-order valence-corrected chi connectivity index (χ1v) is 9.58. The van der Waals surface area contributed by atoms with Crippen LogP contribution in [0.1, 0.15) is 30.2 Å². The van der Waals surface area contributed by atoms with Crippen molar-refractivity contribution in [1.29, 1.82) is 0 Å². The maximum absolute atomic E-state index is 12.7. The molecule has 6 nitrogen and oxygen atoms in total. The Kier molecular flexibility index (Phi) is 4.46. The van der Waals surface area contributed by atoms with Gasteiger partial charge < -0.3 is 4.90 Å². The van der Waals surface area contributed by atoms with Gasteiger partial charge in [0.2, 0.25) is 5.91 Å². The molecule has 1 atom stereocenters. The first-order valence-electron chi connectivity index (χ1n) is 8.70. The number of H-pyrrole nitrogens is 1. The zero-order chi connectivity index (χ0) is 18.1. The molecule has 0 radical (unpaired) electrons. The van der Waals surface area contributed by atoms with Crippen LogP contribution in [0.15, 0.2) is 51.4 Å². The summed E-state index contributed by atoms with van der Waals surface area (Å²) in [6.45, 7) is 0.913. The Hall–Kier alpha value is -2.67. The maximum atomic E-state index is 12.7. The van der Waals surface area contributed by atoms with E-state index in [1.54, 1.807) is 35.6 Å².